The molecule has 0 saturated carbocycles. The third-order valence-corrected chi connectivity index (χ3v) is 11.8. The van der Waals surface area contributed by atoms with Crippen molar-refractivity contribution in [2.75, 3.05) is 0 Å². The molecule has 0 aliphatic heterocycles. The molecule has 2 aliphatic carbocycles. The molecule has 2 aliphatic rings. The van der Waals surface area contributed by atoms with Crippen LogP contribution in [0.25, 0.3) is 23.3 Å². The highest BCUT2D eigenvalue weighted by Gasteiger charge is 2.29. The Morgan fingerprint density at radius 3 is 1.31 bits per heavy atom. The van der Waals surface area contributed by atoms with E-state index in [-0.39, 0.29) is 0 Å². The van der Waals surface area contributed by atoms with Gasteiger partial charge in [0.05, 0.1) is 0 Å². The van der Waals surface area contributed by atoms with Crippen LogP contribution in [-0.2, 0) is 12.8 Å². The number of benzene rings is 5. The van der Waals surface area contributed by atoms with Crippen molar-refractivity contribution in [2.24, 2.45) is 0 Å². The maximum atomic E-state index is 3.89. The van der Waals surface area contributed by atoms with Gasteiger partial charge < -0.3 is 0 Å². The summed E-state index contributed by atoms with van der Waals surface area (Å²) >= 11 is 7.79. The second-order valence-electron chi connectivity index (χ2n) is 10.0. The first-order valence-corrected chi connectivity index (χ1v) is 16.1. The maximum Gasteiger partial charge on any atom is 0.0217 e. The third-order valence-electron chi connectivity index (χ3n) is 7.71. The van der Waals surface area contributed by atoms with Crippen LogP contribution in [0.5, 0.6) is 0 Å². The summed E-state index contributed by atoms with van der Waals surface area (Å²) in [4.78, 5) is 0. The first-order valence-electron chi connectivity index (χ1n) is 13.2. The third kappa shape index (κ3) is 4.59. The highest BCUT2D eigenvalue weighted by Crippen LogP contribution is 2.45. The molecule has 0 spiro atoms. The fourth-order valence-corrected chi connectivity index (χ4v) is 9.40. The Hall–Kier alpha value is -3.03. The van der Waals surface area contributed by atoms with Gasteiger partial charge in [-0.2, -0.15) is 0 Å². The Labute approximate surface area is 248 Å². The Bertz CT molecular complexity index is 1640. The zero-order valence-electron chi connectivity index (χ0n) is 21.2. The summed E-state index contributed by atoms with van der Waals surface area (Å²) in [6, 6.07) is 41.9. The summed E-state index contributed by atoms with van der Waals surface area (Å²) in [7, 11) is -0.783. The van der Waals surface area contributed by atoms with Gasteiger partial charge in [-0.25, -0.2) is 0 Å². The van der Waals surface area contributed by atoms with Crippen LogP contribution in [0, 0.1) is 0 Å². The number of fused-ring (bicyclic) bond motifs is 2. The molecule has 7 rings (SSSR count). The van der Waals surface area contributed by atoms with Crippen molar-refractivity contribution in [3.63, 3.8) is 0 Å². The van der Waals surface area contributed by atoms with E-state index in [4.69, 9.17) is 0 Å². The van der Waals surface area contributed by atoms with Gasteiger partial charge in [0.2, 0.25) is 0 Å². The molecule has 5 aromatic carbocycles. The van der Waals surface area contributed by atoms with Crippen LogP contribution in [0.3, 0.4) is 0 Å². The van der Waals surface area contributed by atoms with Crippen molar-refractivity contribution in [2.45, 2.75) is 12.8 Å². The zero-order valence-corrected chi connectivity index (χ0v) is 25.3. The Kier molecular flexibility index (Phi) is 6.73. The fourth-order valence-electron chi connectivity index (χ4n) is 5.81. The Balaban J connectivity index is 1.44. The predicted octanol–water partition coefficient (Wildman–Crippen LogP) is 9.16. The molecule has 5 aromatic rings. The number of hydrogen-bond acceptors (Lipinski definition) is 0. The van der Waals surface area contributed by atoms with E-state index in [0.717, 1.165) is 12.8 Å². The largest absolute Gasteiger partial charge is 0.0622 e. The highest BCUT2D eigenvalue weighted by atomic mass is 79.9. The predicted molar refractivity (Wildman–Crippen MR) is 177 cm³/mol. The van der Waals surface area contributed by atoms with E-state index in [1.165, 1.54) is 69.4 Å². The number of hydrogen-bond donors (Lipinski definition) is 0. The van der Waals surface area contributed by atoms with Gasteiger partial charge in [0.15, 0.2) is 0 Å². The second kappa shape index (κ2) is 10.5. The zero-order chi connectivity index (χ0) is 26.3. The smallest absolute Gasteiger partial charge is 0.0217 e. The van der Waals surface area contributed by atoms with Gasteiger partial charge in [0, 0.05) is 8.95 Å². The normalized spacial score (nSPS) is 13.7. The molecule has 0 radical (unpaired) electrons. The summed E-state index contributed by atoms with van der Waals surface area (Å²) < 4.78 is 2.39. The van der Waals surface area contributed by atoms with Crippen LogP contribution in [0.2, 0.25) is 0 Å². The quantitative estimate of drug-likeness (QED) is 0.167. The van der Waals surface area contributed by atoms with Crippen molar-refractivity contribution in [3.8, 4) is 0 Å². The average molecular weight is 648 g/mol. The summed E-state index contributed by atoms with van der Waals surface area (Å²) in [5.74, 6) is 0. The molecular formula is C36H25Br2P. The van der Waals surface area contributed by atoms with Crippen LogP contribution in [0.1, 0.15) is 33.4 Å². The molecule has 0 unspecified atom stereocenters. The van der Waals surface area contributed by atoms with Crippen LogP contribution in [0.15, 0.2) is 124 Å². The lowest BCUT2D eigenvalue weighted by atomic mass is 10.0. The molecule has 0 saturated heterocycles. The van der Waals surface area contributed by atoms with Gasteiger partial charge in [0.1, 0.15) is 0 Å². The van der Waals surface area contributed by atoms with Crippen LogP contribution >= 0.6 is 39.8 Å². The molecule has 0 aromatic heterocycles. The maximum absolute atomic E-state index is 3.89. The molecule has 0 atom stereocenters. The van der Waals surface area contributed by atoms with Gasteiger partial charge >= 0.3 is 0 Å². The van der Waals surface area contributed by atoms with Crippen molar-refractivity contribution >= 4 is 79.0 Å². The standard InChI is InChI=1S/C36H25Br2P/c37-33-16-18-35(31-22-26(20-29(31)33)24-10-4-1-5-11-24)39(28-14-8-3-9-15-28)36-19-17-34(38)30-21-27(23-32(30)36)25-12-6-2-7-13-25/h1-19,22-23H,20-21H2. The van der Waals surface area contributed by atoms with E-state index >= 15 is 0 Å². The molecular weight excluding hydrogens is 623 g/mol. The SMILES string of the molecule is Brc1ccc(P(c2ccccc2)c2ccc(Br)c3c2C=C(c2ccccc2)C3)c2c1CC(c1ccccc1)=C2. The van der Waals surface area contributed by atoms with Gasteiger partial charge in [-0.1, -0.05) is 135 Å². The lowest BCUT2D eigenvalue weighted by Crippen LogP contribution is -2.25. The first-order chi connectivity index (χ1) is 19.2. The van der Waals surface area contributed by atoms with Gasteiger partial charge in [-0.05, 0) is 105 Å². The van der Waals surface area contributed by atoms with Crippen molar-refractivity contribution < 1.29 is 0 Å². The van der Waals surface area contributed by atoms with Crippen LogP contribution < -0.4 is 15.9 Å². The second-order valence-corrected chi connectivity index (χ2v) is 13.9. The minimum Gasteiger partial charge on any atom is -0.0622 e. The molecule has 0 nitrogen and oxygen atoms in total. The molecule has 0 bridgehead atoms. The molecule has 0 amide bonds. The molecule has 0 fully saturated rings. The minimum atomic E-state index is -0.783. The first kappa shape index (κ1) is 25.0. The summed E-state index contributed by atoms with van der Waals surface area (Å²) in [5.41, 5.74) is 10.9. The Morgan fingerprint density at radius 2 is 0.872 bits per heavy atom. The van der Waals surface area contributed by atoms with E-state index in [9.17, 15) is 0 Å². The van der Waals surface area contributed by atoms with Crippen LogP contribution in [0.4, 0.5) is 0 Å². The number of rotatable bonds is 5. The topological polar surface area (TPSA) is 0 Å². The Morgan fingerprint density at radius 1 is 0.462 bits per heavy atom. The number of allylic oxidation sites excluding steroid dienone is 2. The van der Waals surface area contributed by atoms with Crippen molar-refractivity contribution in [1.82, 2.24) is 0 Å². The summed E-state index contributed by atoms with van der Waals surface area (Å²) in [5, 5.41) is 4.22. The monoisotopic (exact) mass is 646 g/mol. The molecule has 0 heterocycles. The highest BCUT2D eigenvalue weighted by molar-refractivity contribution is 9.10. The van der Waals surface area contributed by atoms with E-state index < -0.39 is 7.92 Å². The molecule has 0 N–H and O–H groups in total. The average Bonchev–Trinajstić information content (AvgIpc) is 3.64. The minimum absolute atomic E-state index is 0.783. The fraction of sp³-hybridized carbons (Fsp3) is 0.0556. The van der Waals surface area contributed by atoms with Crippen molar-refractivity contribution in [1.29, 1.82) is 0 Å². The van der Waals surface area contributed by atoms with E-state index in [1.54, 1.807) is 0 Å². The van der Waals surface area contributed by atoms with E-state index in [2.05, 4.69) is 159 Å². The molecule has 188 valence electrons. The number of halogens is 2. The van der Waals surface area contributed by atoms with Crippen LogP contribution in [-0.4, -0.2) is 0 Å². The van der Waals surface area contributed by atoms with Gasteiger partial charge in [-0.3, -0.25) is 0 Å². The lowest BCUT2D eigenvalue weighted by Gasteiger charge is -2.24. The summed E-state index contributed by atoms with van der Waals surface area (Å²) in [6.07, 6.45) is 6.77. The van der Waals surface area contributed by atoms with E-state index in [1.807, 2.05) is 0 Å². The summed E-state index contributed by atoms with van der Waals surface area (Å²) in [6.45, 7) is 0. The van der Waals surface area contributed by atoms with Gasteiger partial charge in [-0.15, -0.1) is 0 Å². The van der Waals surface area contributed by atoms with Gasteiger partial charge in [0.25, 0.3) is 0 Å². The van der Waals surface area contributed by atoms with E-state index in [0.29, 0.717) is 0 Å². The lowest BCUT2D eigenvalue weighted by molar-refractivity contribution is 1.30. The molecule has 39 heavy (non-hydrogen) atoms. The van der Waals surface area contributed by atoms with Crippen molar-refractivity contribution in [3.05, 3.63) is 158 Å². The molecule has 3 heteroatoms.